The Balaban J connectivity index is 0. The largest absolute Gasteiger partial charge is 0.393 e. The Hall–Kier alpha value is -0.370. The van der Waals surface area contributed by atoms with Gasteiger partial charge in [-0.05, 0) is 6.42 Å². The minimum absolute atomic E-state index is 0.274. The molecule has 0 bridgehead atoms. The summed E-state index contributed by atoms with van der Waals surface area (Å²) in [4.78, 5) is 9.61. The molecule has 0 radical (unpaired) electrons. The van der Waals surface area contributed by atoms with Crippen molar-refractivity contribution in [3.8, 4) is 0 Å². The maximum absolute atomic E-state index is 9.61. The third-order valence-electron chi connectivity index (χ3n) is 0.840. The number of aldehydes is 1. The summed E-state index contributed by atoms with van der Waals surface area (Å²) in [5, 5.41) is 8.63. The van der Waals surface area contributed by atoms with E-state index >= 15 is 0 Å². The van der Waals surface area contributed by atoms with Crippen LogP contribution in [0.5, 0.6) is 0 Å². The molecule has 56 valence electrons. The molecule has 0 spiro atoms. The van der Waals surface area contributed by atoms with Gasteiger partial charge in [-0.3, -0.25) is 0 Å². The van der Waals surface area contributed by atoms with Crippen LogP contribution in [-0.2, 0) is 4.79 Å². The van der Waals surface area contributed by atoms with Crippen LogP contribution in [0.3, 0.4) is 0 Å². The minimum atomic E-state index is -0.419. The first-order chi connectivity index (χ1) is 4.31. The van der Waals surface area contributed by atoms with Crippen LogP contribution in [0.1, 0.15) is 33.6 Å². The molecule has 2 nitrogen and oxygen atoms in total. The predicted octanol–water partition coefficient (Wildman–Crippen LogP) is 1.37. The van der Waals surface area contributed by atoms with Gasteiger partial charge in [-0.1, -0.05) is 20.8 Å². The second-order valence-corrected chi connectivity index (χ2v) is 1.46. The number of carbonyl (C=O) groups is 1. The average Bonchev–Trinajstić information content (AvgIpc) is 1.93. The van der Waals surface area contributed by atoms with Crippen LogP contribution in [0.4, 0.5) is 0 Å². The SMILES string of the molecule is CC.CCC(O)CC=O. The zero-order valence-corrected chi connectivity index (χ0v) is 6.42. The Morgan fingerprint density at radius 1 is 1.56 bits per heavy atom. The summed E-state index contributed by atoms with van der Waals surface area (Å²) in [5.74, 6) is 0. The van der Waals surface area contributed by atoms with Crippen LogP contribution in [0.2, 0.25) is 0 Å². The molecule has 0 amide bonds. The van der Waals surface area contributed by atoms with Crippen molar-refractivity contribution in [3.05, 3.63) is 0 Å². The van der Waals surface area contributed by atoms with Gasteiger partial charge in [0, 0.05) is 6.42 Å². The number of hydrogen-bond donors (Lipinski definition) is 1. The molecule has 1 unspecified atom stereocenters. The summed E-state index contributed by atoms with van der Waals surface area (Å²) in [6.45, 7) is 5.84. The maximum atomic E-state index is 9.61. The van der Waals surface area contributed by atoms with Crippen molar-refractivity contribution in [2.45, 2.75) is 39.7 Å². The van der Waals surface area contributed by atoms with Gasteiger partial charge in [0.1, 0.15) is 6.29 Å². The Bertz CT molecular complexity index is 52.9. The lowest BCUT2D eigenvalue weighted by Gasteiger charge is -1.97. The van der Waals surface area contributed by atoms with Crippen LogP contribution < -0.4 is 0 Å². The third kappa shape index (κ3) is 11.3. The van der Waals surface area contributed by atoms with E-state index in [1.54, 1.807) is 0 Å². The van der Waals surface area contributed by atoms with E-state index < -0.39 is 6.10 Å². The Kier molecular flexibility index (Phi) is 13.4. The average molecular weight is 132 g/mol. The van der Waals surface area contributed by atoms with E-state index in [-0.39, 0.29) is 6.42 Å². The molecule has 0 fully saturated rings. The highest BCUT2D eigenvalue weighted by atomic mass is 16.3. The lowest BCUT2D eigenvalue weighted by atomic mass is 10.2. The van der Waals surface area contributed by atoms with Gasteiger partial charge in [0.05, 0.1) is 6.10 Å². The monoisotopic (exact) mass is 132 g/mol. The van der Waals surface area contributed by atoms with E-state index in [1.807, 2.05) is 20.8 Å². The summed E-state index contributed by atoms with van der Waals surface area (Å²) in [6, 6.07) is 0. The summed E-state index contributed by atoms with van der Waals surface area (Å²) >= 11 is 0. The van der Waals surface area contributed by atoms with Crippen LogP contribution >= 0.6 is 0 Å². The summed E-state index contributed by atoms with van der Waals surface area (Å²) in [7, 11) is 0. The number of aliphatic hydroxyl groups excluding tert-OH is 1. The molecule has 0 aromatic carbocycles. The Morgan fingerprint density at radius 2 is 2.00 bits per heavy atom. The molecule has 2 heteroatoms. The lowest BCUT2D eigenvalue weighted by molar-refractivity contribution is -0.109. The molecule has 0 rings (SSSR count). The molecule has 0 aromatic heterocycles. The first kappa shape index (κ1) is 11.4. The van der Waals surface area contributed by atoms with Crippen LogP contribution in [0.25, 0.3) is 0 Å². The van der Waals surface area contributed by atoms with E-state index in [0.29, 0.717) is 6.42 Å². The first-order valence-electron chi connectivity index (χ1n) is 3.43. The normalized spacial score (nSPS) is 11.1. The molecule has 1 atom stereocenters. The molecule has 1 N–H and O–H groups in total. The van der Waals surface area contributed by atoms with Gasteiger partial charge in [-0.15, -0.1) is 0 Å². The molecular weight excluding hydrogens is 116 g/mol. The summed E-state index contributed by atoms with van der Waals surface area (Å²) < 4.78 is 0. The molecule has 0 saturated carbocycles. The van der Waals surface area contributed by atoms with E-state index in [0.717, 1.165) is 6.29 Å². The highest BCUT2D eigenvalue weighted by molar-refractivity contribution is 5.49. The van der Waals surface area contributed by atoms with Crippen molar-refractivity contribution < 1.29 is 9.90 Å². The summed E-state index contributed by atoms with van der Waals surface area (Å²) in [5.41, 5.74) is 0. The second-order valence-electron chi connectivity index (χ2n) is 1.46. The fraction of sp³-hybridized carbons (Fsp3) is 0.857. The van der Waals surface area contributed by atoms with Gasteiger partial charge in [0.2, 0.25) is 0 Å². The van der Waals surface area contributed by atoms with E-state index in [1.165, 1.54) is 0 Å². The fourth-order valence-corrected chi connectivity index (χ4v) is 0.278. The van der Waals surface area contributed by atoms with Gasteiger partial charge in [0.25, 0.3) is 0 Å². The number of hydrogen-bond acceptors (Lipinski definition) is 2. The Labute approximate surface area is 56.9 Å². The van der Waals surface area contributed by atoms with Crippen LogP contribution in [0.15, 0.2) is 0 Å². The quantitative estimate of drug-likeness (QED) is 0.589. The summed E-state index contributed by atoms with van der Waals surface area (Å²) in [6.07, 6.45) is 1.25. The first-order valence-corrected chi connectivity index (χ1v) is 3.43. The van der Waals surface area contributed by atoms with Crippen molar-refractivity contribution in [1.29, 1.82) is 0 Å². The number of carbonyl (C=O) groups excluding carboxylic acids is 1. The smallest absolute Gasteiger partial charge is 0.122 e. The standard InChI is InChI=1S/C5H10O2.C2H6/c1-2-5(7)3-4-6;1-2/h4-5,7H,2-3H2,1H3;1-2H3. The Morgan fingerprint density at radius 3 is 2.11 bits per heavy atom. The van der Waals surface area contributed by atoms with Crippen molar-refractivity contribution in [2.75, 3.05) is 0 Å². The molecule has 0 aromatic rings. The molecule has 0 aliphatic heterocycles. The zero-order valence-electron chi connectivity index (χ0n) is 6.42. The topological polar surface area (TPSA) is 37.3 Å². The fourth-order valence-electron chi connectivity index (χ4n) is 0.278. The molecular formula is C7H16O2. The van der Waals surface area contributed by atoms with E-state index in [4.69, 9.17) is 5.11 Å². The zero-order chi connectivity index (χ0) is 7.70. The van der Waals surface area contributed by atoms with Crippen molar-refractivity contribution in [3.63, 3.8) is 0 Å². The molecule has 9 heavy (non-hydrogen) atoms. The van der Waals surface area contributed by atoms with Crippen molar-refractivity contribution in [2.24, 2.45) is 0 Å². The van der Waals surface area contributed by atoms with Gasteiger partial charge in [0.15, 0.2) is 0 Å². The van der Waals surface area contributed by atoms with E-state index in [2.05, 4.69) is 0 Å². The number of rotatable bonds is 3. The molecule has 0 saturated heterocycles. The third-order valence-corrected chi connectivity index (χ3v) is 0.840. The molecule has 0 aliphatic carbocycles. The maximum Gasteiger partial charge on any atom is 0.122 e. The van der Waals surface area contributed by atoms with Gasteiger partial charge >= 0.3 is 0 Å². The van der Waals surface area contributed by atoms with Crippen LogP contribution in [0, 0.1) is 0 Å². The number of aliphatic hydroxyl groups is 1. The van der Waals surface area contributed by atoms with Crippen molar-refractivity contribution in [1.82, 2.24) is 0 Å². The van der Waals surface area contributed by atoms with E-state index in [9.17, 15) is 4.79 Å². The highest BCUT2D eigenvalue weighted by Gasteiger charge is 1.95. The second kappa shape index (κ2) is 10.6. The van der Waals surface area contributed by atoms with Gasteiger partial charge in [-0.2, -0.15) is 0 Å². The lowest BCUT2D eigenvalue weighted by Crippen LogP contribution is -2.03. The predicted molar refractivity (Wildman–Crippen MR) is 38.3 cm³/mol. The van der Waals surface area contributed by atoms with Gasteiger partial charge in [-0.25, -0.2) is 0 Å². The highest BCUT2D eigenvalue weighted by Crippen LogP contribution is 1.90. The van der Waals surface area contributed by atoms with Gasteiger partial charge < -0.3 is 9.90 Å². The minimum Gasteiger partial charge on any atom is -0.393 e. The van der Waals surface area contributed by atoms with Crippen LogP contribution in [-0.4, -0.2) is 17.5 Å². The molecule has 0 heterocycles. The molecule has 0 aliphatic rings. The van der Waals surface area contributed by atoms with Crippen molar-refractivity contribution >= 4 is 6.29 Å².